The first-order chi connectivity index (χ1) is 6.86. The maximum Gasteiger partial charge on any atom is 0.237 e. The van der Waals surface area contributed by atoms with Crippen LogP contribution < -0.4 is 10.6 Å². The van der Waals surface area contributed by atoms with E-state index in [0.717, 1.165) is 19.4 Å². The lowest BCUT2D eigenvalue weighted by Crippen LogP contribution is -2.40. The summed E-state index contributed by atoms with van der Waals surface area (Å²) in [6.45, 7) is 1.24. The first kappa shape index (κ1) is 14.4. The van der Waals surface area contributed by atoms with Gasteiger partial charge in [-0.15, -0.1) is 10.2 Å². The first-order valence-electron chi connectivity index (χ1n) is 4.59. The van der Waals surface area contributed by atoms with Gasteiger partial charge in [0.05, 0.1) is 12.6 Å². The van der Waals surface area contributed by atoms with Gasteiger partial charge in [0.1, 0.15) is 0 Å². The van der Waals surface area contributed by atoms with Crippen molar-refractivity contribution in [2.45, 2.75) is 25.4 Å². The maximum atomic E-state index is 11.5. The summed E-state index contributed by atoms with van der Waals surface area (Å²) in [5, 5.41) is 19.0. The molecule has 1 aromatic heterocycles. The summed E-state index contributed by atoms with van der Waals surface area (Å²) in [5.41, 5.74) is 0. The molecule has 0 aromatic carbocycles. The Morgan fingerprint density at radius 2 is 2.31 bits per heavy atom. The molecule has 0 unspecified atom stereocenters. The lowest BCUT2D eigenvalue weighted by molar-refractivity contribution is -0.122. The van der Waals surface area contributed by atoms with Crippen LogP contribution in [-0.2, 0) is 11.3 Å². The van der Waals surface area contributed by atoms with Crippen LogP contribution in [0.4, 0.5) is 0 Å². The van der Waals surface area contributed by atoms with Gasteiger partial charge in [-0.3, -0.25) is 4.79 Å². The topological polar surface area (TPSA) is 159 Å². The van der Waals surface area contributed by atoms with Crippen LogP contribution in [0, 0.1) is 0 Å². The number of aromatic nitrogens is 4. The van der Waals surface area contributed by atoms with Gasteiger partial charge in [-0.2, -0.15) is 5.21 Å². The molecule has 0 spiro atoms. The smallest absolute Gasteiger partial charge is 0.237 e. The van der Waals surface area contributed by atoms with Crippen molar-refractivity contribution >= 4 is 5.91 Å². The van der Waals surface area contributed by atoms with Crippen LogP contribution in [-0.4, -0.2) is 50.1 Å². The summed E-state index contributed by atoms with van der Waals surface area (Å²) in [4.78, 5) is 11.5. The maximum absolute atomic E-state index is 11.5. The number of hydrogen-bond donors (Lipinski definition) is 3. The molecular formula is C7H16N6O3. The van der Waals surface area contributed by atoms with E-state index in [1.54, 1.807) is 0 Å². The fourth-order valence-corrected chi connectivity index (χ4v) is 1.46. The Balaban J connectivity index is 0.00000112. The van der Waals surface area contributed by atoms with Crippen molar-refractivity contribution < 1.29 is 15.7 Å². The van der Waals surface area contributed by atoms with E-state index in [9.17, 15) is 4.79 Å². The lowest BCUT2D eigenvalue weighted by atomic mass is 10.2. The van der Waals surface area contributed by atoms with Crippen molar-refractivity contribution in [1.29, 1.82) is 0 Å². The molecule has 1 aliphatic heterocycles. The van der Waals surface area contributed by atoms with E-state index < -0.39 is 0 Å². The third-order valence-electron chi connectivity index (χ3n) is 2.19. The van der Waals surface area contributed by atoms with Crippen LogP contribution in [0.15, 0.2) is 0 Å². The van der Waals surface area contributed by atoms with Gasteiger partial charge >= 0.3 is 0 Å². The van der Waals surface area contributed by atoms with E-state index in [0.29, 0.717) is 12.4 Å². The van der Waals surface area contributed by atoms with E-state index in [1.807, 2.05) is 0 Å². The van der Waals surface area contributed by atoms with Crippen LogP contribution in [0.2, 0.25) is 0 Å². The van der Waals surface area contributed by atoms with Gasteiger partial charge in [-0.1, -0.05) is 5.21 Å². The van der Waals surface area contributed by atoms with E-state index in [1.165, 1.54) is 0 Å². The van der Waals surface area contributed by atoms with Gasteiger partial charge in [0, 0.05) is 0 Å². The Bertz CT molecular complexity index is 297. The number of nitrogens with zero attached hydrogens (tertiary/aromatic N) is 3. The fourth-order valence-electron chi connectivity index (χ4n) is 1.46. The zero-order valence-electron chi connectivity index (χ0n) is 8.66. The molecule has 1 aromatic rings. The molecule has 16 heavy (non-hydrogen) atoms. The van der Waals surface area contributed by atoms with Crippen molar-refractivity contribution in [3.05, 3.63) is 5.82 Å². The number of amides is 1. The highest BCUT2D eigenvalue weighted by Gasteiger charge is 2.21. The SMILES string of the molecule is O.O.O=C(NCc1nn[nH]n1)[C@@H]1CCCN1. The van der Waals surface area contributed by atoms with Gasteiger partial charge in [0.25, 0.3) is 0 Å². The summed E-state index contributed by atoms with van der Waals surface area (Å²) in [6.07, 6.45) is 1.96. The van der Waals surface area contributed by atoms with E-state index in [-0.39, 0.29) is 22.9 Å². The molecule has 1 fully saturated rings. The Labute approximate surface area is 91.6 Å². The minimum Gasteiger partial charge on any atom is -0.412 e. The number of hydrogen-bond acceptors (Lipinski definition) is 5. The Hall–Kier alpha value is -1.58. The molecule has 9 heteroatoms. The highest BCUT2D eigenvalue weighted by Crippen LogP contribution is 2.04. The molecule has 7 N–H and O–H groups in total. The van der Waals surface area contributed by atoms with Gasteiger partial charge in [-0.25, -0.2) is 0 Å². The van der Waals surface area contributed by atoms with Crippen LogP contribution in [0.25, 0.3) is 0 Å². The molecule has 2 heterocycles. The van der Waals surface area contributed by atoms with Crippen molar-refractivity contribution in [1.82, 2.24) is 31.3 Å². The molecule has 0 saturated carbocycles. The fraction of sp³-hybridized carbons (Fsp3) is 0.714. The quantitative estimate of drug-likeness (QED) is 0.503. The molecule has 9 nitrogen and oxygen atoms in total. The number of rotatable bonds is 3. The predicted octanol–water partition coefficient (Wildman–Crippen LogP) is -3.08. The summed E-state index contributed by atoms with van der Waals surface area (Å²) in [7, 11) is 0. The number of tetrazole rings is 1. The van der Waals surface area contributed by atoms with Crippen molar-refractivity contribution in [2.75, 3.05) is 6.54 Å². The molecular weight excluding hydrogens is 216 g/mol. The van der Waals surface area contributed by atoms with Gasteiger partial charge in [0.15, 0.2) is 5.82 Å². The van der Waals surface area contributed by atoms with Crippen LogP contribution in [0.1, 0.15) is 18.7 Å². The molecule has 92 valence electrons. The average Bonchev–Trinajstić information content (AvgIpc) is 2.87. The zero-order chi connectivity index (χ0) is 9.80. The van der Waals surface area contributed by atoms with Crippen LogP contribution in [0.3, 0.4) is 0 Å². The molecule has 1 saturated heterocycles. The minimum atomic E-state index is -0.0538. The molecule has 0 aliphatic carbocycles. The van der Waals surface area contributed by atoms with E-state index in [2.05, 4.69) is 31.3 Å². The number of aromatic amines is 1. The number of H-pyrrole nitrogens is 1. The monoisotopic (exact) mass is 232 g/mol. The summed E-state index contributed by atoms with van der Waals surface area (Å²) in [5.74, 6) is 0.503. The molecule has 1 atom stereocenters. The van der Waals surface area contributed by atoms with Gasteiger partial charge in [-0.05, 0) is 19.4 Å². The Morgan fingerprint density at radius 1 is 1.50 bits per heavy atom. The highest BCUT2D eigenvalue weighted by atomic mass is 16.2. The van der Waals surface area contributed by atoms with Crippen molar-refractivity contribution in [3.8, 4) is 0 Å². The zero-order valence-corrected chi connectivity index (χ0v) is 8.66. The molecule has 1 amide bonds. The third kappa shape index (κ3) is 3.53. The summed E-state index contributed by atoms with van der Waals surface area (Å²) in [6, 6.07) is -0.0538. The van der Waals surface area contributed by atoms with Crippen molar-refractivity contribution in [2.24, 2.45) is 0 Å². The van der Waals surface area contributed by atoms with Gasteiger partial charge < -0.3 is 21.6 Å². The lowest BCUT2D eigenvalue weighted by Gasteiger charge is -2.08. The second kappa shape index (κ2) is 6.82. The second-order valence-electron chi connectivity index (χ2n) is 3.19. The molecule has 0 bridgehead atoms. The van der Waals surface area contributed by atoms with E-state index in [4.69, 9.17) is 0 Å². The normalized spacial score (nSPS) is 18.4. The van der Waals surface area contributed by atoms with Crippen LogP contribution >= 0.6 is 0 Å². The molecule has 0 radical (unpaired) electrons. The van der Waals surface area contributed by atoms with E-state index >= 15 is 0 Å². The first-order valence-corrected chi connectivity index (χ1v) is 4.59. The van der Waals surface area contributed by atoms with Crippen molar-refractivity contribution in [3.63, 3.8) is 0 Å². The summed E-state index contributed by atoms with van der Waals surface area (Å²) < 4.78 is 0. The largest absolute Gasteiger partial charge is 0.412 e. The number of nitrogens with one attached hydrogen (secondary N) is 3. The van der Waals surface area contributed by atoms with Crippen LogP contribution in [0.5, 0.6) is 0 Å². The highest BCUT2D eigenvalue weighted by molar-refractivity contribution is 5.81. The molecule has 1 aliphatic rings. The number of carbonyl (C=O) groups is 1. The number of carbonyl (C=O) groups excluding carboxylic acids is 1. The Morgan fingerprint density at radius 3 is 2.88 bits per heavy atom. The Kier molecular flexibility index (Phi) is 6.15. The predicted molar refractivity (Wildman–Crippen MR) is 54.3 cm³/mol. The minimum absolute atomic E-state index is 0. The molecule has 2 rings (SSSR count). The third-order valence-corrected chi connectivity index (χ3v) is 2.19. The average molecular weight is 232 g/mol. The standard InChI is InChI=1S/C7H12N6O.2H2O/c14-7(5-2-1-3-8-5)9-4-6-10-12-13-11-6;;/h5,8H,1-4H2,(H,9,14)(H,10,11,12,13);2*1H2/t5-;;/m0../s1. The second-order valence-corrected chi connectivity index (χ2v) is 3.19. The van der Waals surface area contributed by atoms with Gasteiger partial charge in [0.2, 0.25) is 5.91 Å². The summed E-state index contributed by atoms with van der Waals surface area (Å²) >= 11 is 0.